The number of ether oxygens (including phenoxy) is 3. The first-order valence-corrected chi connectivity index (χ1v) is 9.20. The van der Waals surface area contributed by atoms with Gasteiger partial charge in [-0.3, -0.25) is 4.79 Å². The van der Waals surface area contributed by atoms with Crippen LogP contribution in [0.3, 0.4) is 0 Å². The van der Waals surface area contributed by atoms with Crippen LogP contribution in [0, 0.1) is 0 Å². The molecule has 1 aliphatic heterocycles. The number of hydrogen-bond donors (Lipinski definition) is 1. The Hall–Kier alpha value is -2.21. The number of nitrogens with one attached hydrogen (secondary N) is 1. The molecule has 0 saturated heterocycles. The molecule has 1 N–H and O–H groups in total. The second kappa shape index (κ2) is 7.58. The molecule has 5 nitrogen and oxygen atoms in total. The van der Waals surface area contributed by atoms with Crippen LogP contribution in [-0.4, -0.2) is 19.3 Å². The molecule has 138 valence electrons. The molecule has 1 amide bonds. The van der Waals surface area contributed by atoms with E-state index >= 15 is 0 Å². The van der Waals surface area contributed by atoms with Gasteiger partial charge < -0.3 is 19.5 Å². The average molecular weight is 420 g/mol. The number of carbonyl (C=O) groups excluding carboxylic acids is 1. The Balaban J connectivity index is 1.51. The topological polar surface area (TPSA) is 56.8 Å². The minimum Gasteiger partial charge on any atom is -0.483 e. The van der Waals surface area contributed by atoms with Gasteiger partial charge in [-0.05, 0) is 56.7 Å². The van der Waals surface area contributed by atoms with E-state index in [9.17, 15) is 4.79 Å². The maximum atomic E-state index is 12.1. The van der Waals surface area contributed by atoms with Crippen molar-refractivity contribution in [1.29, 1.82) is 0 Å². The standard InChI is InChI=1S/C20H22BrNO4/c1-20(2,3)14-5-7-16(15(21)9-14)24-11-19(23)22-10-13-4-6-17-18(8-13)26-12-25-17/h4-9H,10-12H2,1-3H3,(H,22,23). The number of hydrogen-bond acceptors (Lipinski definition) is 4. The van der Waals surface area contributed by atoms with Gasteiger partial charge in [0.15, 0.2) is 18.1 Å². The minimum atomic E-state index is -0.186. The van der Waals surface area contributed by atoms with E-state index in [0.29, 0.717) is 18.0 Å². The molecule has 0 radical (unpaired) electrons. The number of fused-ring (bicyclic) bond motifs is 1. The molecule has 0 fully saturated rings. The third-order valence-corrected chi connectivity index (χ3v) is 4.70. The van der Waals surface area contributed by atoms with Crippen LogP contribution in [0.4, 0.5) is 0 Å². The van der Waals surface area contributed by atoms with E-state index in [1.54, 1.807) is 0 Å². The molecule has 0 saturated carbocycles. The van der Waals surface area contributed by atoms with Gasteiger partial charge in [0.1, 0.15) is 5.75 Å². The summed E-state index contributed by atoms with van der Waals surface area (Å²) in [6.07, 6.45) is 0. The second-order valence-corrected chi connectivity index (χ2v) is 8.00. The summed E-state index contributed by atoms with van der Waals surface area (Å²) < 4.78 is 17.1. The van der Waals surface area contributed by atoms with Gasteiger partial charge in [0.05, 0.1) is 4.47 Å². The number of carbonyl (C=O) groups is 1. The minimum absolute atomic E-state index is 0.0436. The van der Waals surface area contributed by atoms with E-state index in [0.717, 1.165) is 15.8 Å². The molecule has 0 atom stereocenters. The Morgan fingerprint density at radius 2 is 1.92 bits per heavy atom. The summed E-state index contributed by atoms with van der Waals surface area (Å²) in [6.45, 7) is 7.06. The molecular formula is C20H22BrNO4. The van der Waals surface area contributed by atoms with Crippen LogP contribution in [0.15, 0.2) is 40.9 Å². The van der Waals surface area contributed by atoms with Crippen LogP contribution < -0.4 is 19.5 Å². The molecule has 2 aromatic rings. The zero-order valence-electron chi connectivity index (χ0n) is 15.1. The Labute approximate surface area is 161 Å². The molecule has 6 heteroatoms. The van der Waals surface area contributed by atoms with Crippen LogP contribution in [0.1, 0.15) is 31.9 Å². The lowest BCUT2D eigenvalue weighted by molar-refractivity contribution is -0.123. The van der Waals surface area contributed by atoms with E-state index in [2.05, 4.69) is 42.0 Å². The lowest BCUT2D eigenvalue weighted by atomic mass is 9.87. The molecule has 0 aliphatic carbocycles. The van der Waals surface area contributed by atoms with Crippen molar-refractivity contribution in [3.05, 3.63) is 52.0 Å². The van der Waals surface area contributed by atoms with Crippen molar-refractivity contribution >= 4 is 21.8 Å². The normalized spacial score (nSPS) is 12.8. The zero-order chi connectivity index (χ0) is 18.7. The number of halogens is 1. The second-order valence-electron chi connectivity index (χ2n) is 7.15. The Kier molecular flexibility index (Phi) is 5.41. The van der Waals surface area contributed by atoms with Crippen LogP contribution in [0.5, 0.6) is 17.2 Å². The predicted octanol–water partition coefficient (Wildman–Crippen LogP) is 4.17. The fraction of sp³-hybridized carbons (Fsp3) is 0.350. The summed E-state index contributed by atoms with van der Waals surface area (Å²) in [5.74, 6) is 1.90. The Bertz CT molecular complexity index is 814. The first kappa shape index (κ1) is 18.6. The number of benzene rings is 2. The van der Waals surface area contributed by atoms with Crippen molar-refractivity contribution in [3.63, 3.8) is 0 Å². The summed E-state index contributed by atoms with van der Waals surface area (Å²) >= 11 is 3.51. The Morgan fingerprint density at radius 3 is 2.65 bits per heavy atom. The van der Waals surface area contributed by atoms with E-state index in [4.69, 9.17) is 14.2 Å². The lowest BCUT2D eigenvalue weighted by Gasteiger charge is -2.20. The fourth-order valence-electron chi connectivity index (χ4n) is 2.53. The van der Waals surface area contributed by atoms with E-state index < -0.39 is 0 Å². The molecule has 26 heavy (non-hydrogen) atoms. The average Bonchev–Trinajstić information content (AvgIpc) is 3.05. The van der Waals surface area contributed by atoms with Gasteiger partial charge in [-0.2, -0.15) is 0 Å². The van der Waals surface area contributed by atoms with Crippen LogP contribution in [0.2, 0.25) is 0 Å². The number of rotatable bonds is 5. The smallest absolute Gasteiger partial charge is 0.258 e. The molecule has 2 aromatic carbocycles. The molecule has 0 unspecified atom stereocenters. The van der Waals surface area contributed by atoms with Crippen LogP contribution in [0.25, 0.3) is 0 Å². The summed E-state index contributed by atoms with van der Waals surface area (Å²) in [5.41, 5.74) is 2.20. The molecule has 1 aliphatic rings. The predicted molar refractivity (Wildman–Crippen MR) is 103 cm³/mol. The van der Waals surface area contributed by atoms with Gasteiger partial charge in [0, 0.05) is 6.54 Å². The van der Waals surface area contributed by atoms with Crippen molar-refractivity contribution in [3.8, 4) is 17.2 Å². The highest BCUT2D eigenvalue weighted by atomic mass is 79.9. The first-order valence-electron chi connectivity index (χ1n) is 8.41. The van der Waals surface area contributed by atoms with E-state index in [-0.39, 0.29) is 24.7 Å². The summed E-state index contributed by atoms with van der Waals surface area (Å²) in [6, 6.07) is 11.5. The SMILES string of the molecule is CC(C)(C)c1ccc(OCC(=O)NCc2ccc3c(c2)OCO3)c(Br)c1. The summed E-state index contributed by atoms with van der Waals surface area (Å²) in [7, 11) is 0. The van der Waals surface area contributed by atoms with Gasteiger partial charge in [-0.25, -0.2) is 0 Å². The van der Waals surface area contributed by atoms with Crippen molar-refractivity contribution in [2.45, 2.75) is 32.7 Å². The van der Waals surface area contributed by atoms with Crippen molar-refractivity contribution in [1.82, 2.24) is 5.32 Å². The van der Waals surface area contributed by atoms with E-state index in [1.807, 2.05) is 36.4 Å². The lowest BCUT2D eigenvalue weighted by Crippen LogP contribution is -2.28. The van der Waals surface area contributed by atoms with E-state index in [1.165, 1.54) is 5.56 Å². The largest absolute Gasteiger partial charge is 0.483 e. The van der Waals surface area contributed by atoms with Gasteiger partial charge in [0.25, 0.3) is 5.91 Å². The van der Waals surface area contributed by atoms with Crippen molar-refractivity contribution < 1.29 is 19.0 Å². The zero-order valence-corrected chi connectivity index (χ0v) is 16.7. The van der Waals surface area contributed by atoms with Crippen LogP contribution in [-0.2, 0) is 16.8 Å². The van der Waals surface area contributed by atoms with Crippen molar-refractivity contribution in [2.75, 3.05) is 13.4 Å². The highest BCUT2D eigenvalue weighted by molar-refractivity contribution is 9.10. The third kappa shape index (κ3) is 4.49. The molecular weight excluding hydrogens is 398 g/mol. The molecule has 0 spiro atoms. The van der Waals surface area contributed by atoms with Crippen molar-refractivity contribution in [2.24, 2.45) is 0 Å². The van der Waals surface area contributed by atoms with Gasteiger partial charge in [-0.1, -0.05) is 32.9 Å². The summed E-state index contributed by atoms with van der Waals surface area (Å²) in [5, 5.41) is 2.84. The maximum absolute atomic E-state index is 12.1. The molecule has 0 bridgehead atoms. The highest BCUT2D eigenvalue weighted by Gasteiger charge is 2.16. The third-order valence-electron chi connectivity index (χ3n) is 4.08. The maximum Gasteiger partial charge on any atom is 0.258 e. The van der Waals surface area contributed by atoms with Crippen LogP contribution >= 0.6 is 15.9 Å². The van der Waals surface area contributed by atoms with Gasteiger partial charge >= 0.3 is 0 Å². The molecule has 3 rings (SSSR count). The number of amides is 1. The van der Waals surface area contributed by atoms with Gasteiger partial charge in [-0.15, -0.1) is 0 Å². The monoisotopic (exact) mass is 419 g/mol. The summed E-state index contributed by atoms with van der Waals surface area (Å²) in [4.78, 5) is 12.1. The first-order chi connectivity index (χ1) is 12.3. The molecule has 0 aromatic heterocycles. The quantitative estimate of drug-likeness (QED) is 0.789. The van der Waals surface area contributed by atoms with Gasteiger partial charge in [0.2, 0.25) is 6.79 Å². The fourth-order valence-corrected chi connectivity index (χ4v) is 3.02. The highest BCUT2D eigenvalue weighted by Crippen LogP contribution is 2.33. The molecule has 1 heterocycles. The Morgan fingerprint density at radius 1 is 1.15 bits per heavy atom.